The van der Waals surface area contributed by atoms with Gasteiger partial charge in [0.1, 0.15) is 10.7 Å². The van der Waals surface area contributed by atoms with Crippen LogP contribution in [0.2, 0.25) is 0 Å². The van der Waals surface area contributed by atoms with Gasteiger partial charge in [-0.3, -0.25) is 4.79 Å². The van der Waals surface area contributed by atoms with Crippen molar-refractivity contribution < 1.29 is 9.53 Å². The van der Waals surface area contributed by atoms with E-state index in [0.717, 1.165) is 13.0 Å². The maximum absolute atomic E-state index is 12.2. The number of rotatable bonds is 9. The summed E-state index contributed by atoms with van der Waals surface area (Å²) in [6.45, 7) is 4.10. The third-order valence-electron chi connectivity index (χ3n) is 2.83. The molecule has 120 valence electrons. The van der Waals surface area contributed by atoms with Crippen molar-refractivity contribution >= 4 is 28.2 Å². The van der Waals surface area contributed by atoms with Crippen molar-refractivity contribution in [2.45, 2.75) is 19.4 Å². The van der Waals surface area contributed by atoms with Gasteiger partial charge >= 0.3 is 0 Å². The molecule has 8 heteroatoms. The molecule has 0 aromatic carbocycles. The number of ether oxygens (including phenoxy) is 1. The lowest BCUT2D eigenvalue weighted by Crippen LogP contribution is -2.34. The molecule has 1 aromatic heterocycles. The monoisotopic (exact) mass is 315 g/mol. The molecule has 0 saturated carbocycles. The number of thiazole rings is 1. The zero-order valence-corrected chi connectivity index (χ0v) is 13.9. The molecule has 7 nitrogen and oxygen atoms in total. The van der Waals surface area contributed by atoms with Gasteiger partial charge in [0, 0.05) is 19.7 Å². The average molecular weight is 315 g/mol. The van der Waals surface area contributed by atoms with Gasteiger partial charge in [-0.2, -0.15) is 0 Å². The highest BCUT2D eigenvalue weighted by molar-refractivity contribution is 7.18. The quantitative estimate of drug-likeness (QED) is 0.585. The summed E-state index contributed by atoms with van der Waals surface area (Å²) >= 11 is 1.26. The van der Waals surface area contributed by atoms with E-state index >= 15 is 0 Å². The lowest BCUT2D eigenvalue weighted by atomic mass is 10.2. The second-order valence-electron chi connectivity index (χ2n) is 5.12. The van der Waals surface area contributed by atoms with E-state index in [1.165, 1.54) is 11.3 Å². The standard InChI is InChI=1S/C13H25N5O2S/c1-9(5-7-18(2)3)16-12(19)10-11(14)17-13(21-10)15-6-8-20-4/h9H,5-8,14H2,1-4H3,(H,15,17)(H,16,19). The summed E-state index contributed by atoms with van der Waals surface area (Å²) in [6, 6.07) is 0.0892. The van der Waals surface area contributed by atoms with Gasteiger partial charge in [0.15, 0.2) is 5.13 Å². The number of hydrogen-bond acceptors (Lipinski definition) is 7. The average Bonchev–Trinajstić information content (AvgIpc) is 2.78. The number of nitrogens with two attached hydrogens (primary N) is 1. The second-order valence-corrected chi connectivity index (χ2v) is 6.12. The van der Waals surface area contributed by atoms with Crippen LogP contribution in [0.1, 0.15) is 23.0 Å². The Hall–Kier alpha value is -1.38. The highest BCUT2D eigenvalue weighted by atomic mass is 32.1. The Bertz CT molecular complexity index is 450. The summed E-state index contributed by atoms with van der Waals surface area (Å²) in [5.74, 6) is 0.0910. The van der Waals surface area contributed by atoms with Crippen LogP contribution >= 0.6 is 11.3 Å². The number of nitrogen functional groups attached to an aromatic ring is 1. The predicted octanol–water partition coefficient (Wildman–Crippen LogP) is 0.854. The molecule has 0 bridgehead atoms. The minimum atomic E-state index is -0.170. The summed E-state index contributed by atoms with van der Waals surface area (Å²) in [7, 11) is 5.65. The van der Waals surface area contributed by atoms with Crippen molar-refractivity contribution in [2.24, 2.45) is 0 Å². The number of aromatic nitrogens is 1. The first-order valence-corrected chi connectivity index (χ1v) is 7.70. The van der Waals surface area contributed by atoms with Gasteiger partial charge in [-0.15, -0.1) is 0 Å². The number of carbonyl (C=O) groups is 1. The Labute approximate surface area is 129 Å². The fourth-order valence-electron chi connectivity index (χ4n) is 1.64. The molecule has 0 fully saturated rings. The second kappa shape index (κ2) is 8.81. The van der Waals surface area contributed by atoms with Gasteiger partial charge in [0.25, 0.3) is 5.91 Å². The largest absolute Gasteiger partial charge is 0.383 e. The van der Waals surface area contributed by atoms with E-state index in [1.807, 2.05) is 21.0 Å². The molecule has 0 aliphatic heterocycles. The minimum Gasteiger partial charge on any atom is -0.383 e. The molecule has 1 unspecified atom stereocenters. The number of carbonyl (C=O) groups excluding carboxylic acids is 1. The van der Waals surface area contributed by atoms with Gasteiger partial charge in [-0.25, -0.2) is 4.98 Å². The fourth-order valence-corrected chi connectivity index (χ4v) is 2.46. The van der Waals surface area contributed by atoms with Crippen LogP contribution in [0.3, 0.4) is 0 Å². The molecule has 1 amide bonds. The van der Waals surface area contributed by atoms with Gasteiger partial charge in [-0.05, 0) is 34.0 Å². The van der Waals surface area contributed by atoms with E-state index < -0.39 is 0 Å². The molecule has 4 N–H and O–H groups in total. The predicted molar refractivity (Wildman–Crippen MR) is 87.0 cm³/mol. The summed E-state index contributed by atoms with van der Waals surface area (Å²) in [4.78, 5) is 18.9. The van der Waals surface area contributed by atoms with E-state index in [9.17, 15) is 4.79 Å². The van der Waals surface area contributed by atoms with Crippen LogP contribution in [0, 0.1) is 0 Å². The molecule has 1 rings (SSSR count). The SMILES string of the molecule is COCCNc1nc(N)c(C(=O)NC(C)CCN(C)C)s1. The molecule has 0 spiro atoms. The van der Waals surface area contributed by atoms with Crippen molar-refractivity contribution in [1.82, 2.24) is 15.2 Å². The van der Waals surface area contributed by atoms with Crippen molar-refractivity contribution in [3.05, 3.63) is 4.88 Å². The first kappa shape index (κ1) is 17.7. The first-order valence-electron chi connectivity index (χ1n) is 6.88. The molecule has 0 radical (unpaired) electrons. The summed E-state index contributed by atoms with van der Waals surface area (Å²) < 4.78 is 4.95. The molecule has 21 heavy (non-hydrogen) atoms. The number of amides is 1. The van der Waals surface area contributed by atoms with Crippen LogP contribution in [0.15, 0.2) is 0 Å². The van der Waals surface area contributed by atoms with Gasteiger partial charge < -0.3 is 26.0 Å². The third kappa shape index (κ3) is 6.28. The normalized spacial score (nSPS) is 12.4. The van der Waals surface area contributed by atoms with Crippen molar-refractivity contribution in [3.8, 4) is 0 Å². The highest BCUT2D eigenvalue weighted by Gasteiger charge is 2.17. The summed E-state index contributed by atoms with van der Waals surface area (Å²) in [5.41, 5.74) is 5.80. The number of anilines is 2. The van der Waals surface area contributed by atoms with Crippen molar-refractivity contribution in [3.63, 3.8) is 0 Å². The van der Waals surface area contributed by atoms with Gasteiger partial charge in [0.2, 0.25) is 0 Å². The lowest BCUT2D eigenvalue weighted by molar-refractivity contribution is 0.0941. The van der Waals surface area contributed by atoms with Crippen LogP contribution in [-0.2, 0) is 4.74 Å². The van der Waals surface area contributed by atoms with Crippen molar-refractivity contribution in [1.29, 1.82) is 0 Å². The van der Waals surface area contributed by atoms with E-state index in [2.05, 4.69) is 20.5 Å². The Morgan fingerprint density at radius 2 is 2.24 bits per heavy atom. The van der Waals surface area contributed by atoms with Crippen LogP contribution in [-0.4, -0.2) is 62.7 Å². The number of hydrogen-bond donors (Lipinski definition) is 3. The molecule has 1 aromatic rings. The molecule has 0 saturated heterocycles. The lowest BCUT2D eigenvalue weighted by Gasteiger charge is -2.16. The Morgan fingerprint density at radius 3 is 2.86 bits per heavy atom. The van der Waals surface area contributed by atoms with Gasteiger partial charge in [0.05, 0.1) is 6.61 Å². The number of nitrogens with zero attached hydrogens (tertiary/aromatic N) is 2. The first-order chi connectivity index (χ1) is 9.93. The molecule has 0 aliphatic rings. The molecular formula is C13H25N5O2S. The number of nitrogens with one attached hydrogen (secondary N) is 2. The van der Waals surface area contributed by atoms with E-state index in [-0.39, 0.29) is 17.8 Å². The fraction of sp³-hybridized carbons (Fsp3) is 0.692. The maximum atomic E-state index is 12.2. The smallest absolute Gasteiger partial charge is 0.265 e. The van der Waals surface area contributed by atoms with Crippen LogP contribution in [0.4, 0.5) is 10.9 Å². The van der Waals surface area contributed by atoms with Crippen molar-refractivity contribution in [2.75, 3.05) is 52.0 Å². The highest BCUT2D eigenvalue weighted by Crippen LogP contribution is 2.24. The Balaban J connectivity index is 2.53. The maximum Gasteiger partial charge on any atom is 0.265 e. The summed E-state index contributed by atoms with van der Waals surface area (Å²) in [5, 5.41) is 6.65. The molecular weight excluding hydrogens is 290 g/mol. The van der Waals surface area contributed by atoms with E-state index in [4.69, 9.17) is 10.5 Å². The molecule has 1 atom stereocenters. The Morgan fingerprint density at radius 1 is 1.52 bits per heavy atom. The van der Waals surface area contributed by atoms with Crippen LogP contribution in [0.25, 0.3) is 0 Å². The van der Waals surface area contributed by atoms with E-state index in [1.54, 1.807) is 7.11 Å². The zero-order valence-electron chi connectivity index (χ0n) is 13.1. The zero-order chi connectivity index (χ0) is 15.8. The van der Waals surface area contributed by atoms with Gasteiger partial charge in [-0.1, -0.05) is 11.3 Å². The molecule has 1 heterocycles. The Kier molecular flexibility index (Phi) is 7.41. The third-order valence-corrected chi connectivity index (χ3v) is 3.86. The van der Waals surface area contributed by atoms with Crippen LogP contribution < -0.4 is 16.4 Å². The topological polar surface area (TPSA) is 92.5 Å². The minimum absolute atomic E-state index is 0.0892. The van der Waals surface area contributed by atoms with Crippen LogP contribution in [0.5, 0.6) is 0 Å². The number of methoxy groups -OCH3 is 1. The van der Waals surface area contributed by atoms with E-state index in [0.29, 0.717) is 23.2 Å². The summed E-state index contributed by atoms with van der Waals surface area (Å²) in [6.07, 6.45) is 0.885. The molecule has 0 aliphatic carbocycles.